The molecule has 0 radical (unpaired) electrons. The molecule has 5 rings (SSSR count). The average Bonchev–Trinajstić information content (AvgIpc) is 2.78. The van der Waals surface area contributed by atoms with Crippen LogP contribution in [0.4, 0.5) is 11.5 Å². The van der Waals surface area contributed by atoms with E-state index < -0.39 is 10.2 Å². The summed E-state index contributed by atoms with van der Waals surface area (Å²) >= 11 is 0. The van der Waals surface area contributed by atoms with Crippen LogP contribution in [0.3, 0.4) is 0 Å². The van der Waals surface area contributed by atoms with Crippen molar-refractivity contribution in [1.82, 2.24) is 18.6 Å². The van der Waals surface area contributed by atoms with E-state index in [2.05, 4.69) is 35.2 Å². The second-order valence-corrected chi connectivity index (χ2v) is 11.1. The Hall–Kier alpha value is -2.55. The van der Waals surface area contributed by atoms with Gasteiger partial charge in [0.05, 0.1) is 17.4 Å². The number of hydrogen-bond acceptors (Lipinski definition) is 5. The first-order chi connectivity index (χ1) is 15.4. The fraction of sp³-hybridized carbons (Fsp3) is 0.417. The standard InChI is InChI=1S/C24H29N5O2S/c1-17-11-18(2)15-29(14-17)32(30,31)28-10-8-22-20(16-28)7-9-25-24(22)27-21-12-19-5-3-4-6-23(19)26-13-21/h3-7,9,12-13,17-18H,8,10-11,14-16H2,1-2H3,(H,25,27). The molecular formula is C24H29N5O2S. The number of para-hydroxylation sites is 1. The topological polar surface area (TPSA) is 78.4 Å². The first kappa shape index (κ1) is 21.3. The quantitative estimate of drug-likeness (QED) is 0.650. The molecule has 1 fully saturated rings. The van der Waals surface area contributed by atoms with Gasteiger partial charge in [0.15, 0.2) is 0 Å². The second kappa shape index (κ2) is 8.42. The zero-order valence-electron chi connectivity index (χ0n) is 18.5. The van der Waals surface area contributed by atoms with E-state index in [1.165, 1.54) is 0 Å². The number of nitrogens with one attached hydrogen (secondary N) is 1. The zero-order chi connectivity index (χ0) is 22.3. The molecule has 2 aromatic heterocycles. The summed E-state index contributed by atoms with van der Waals surface area (Å²) in [7, 11) is -3.47. The molecule has 1 N–H and O–H groups in total. The van der Waals surface area contributed by atoms with Crippen molar-refractivity contribution in [2.75, 3.05) is 25.0 Å². The minimum absolute atomic E-state index is 0.379. The molecule has 32 heavy (non-hydrogen) atoms. The highest BCUT2D eigenvalue weighted by Gasteiger charge is 2.36. The molecule has 1 aromatic carbocycles. The van der Waals surface area contributed by atoms with Crippen molar-refractivity contribution < 1.29 is 8.42 Å². The van der Waals surface area contributed by atoms with Gasteiger partial charge in [0.1, 0.15) is 5.82 Å². The normalized spacial score (nSPS) is 22.6. The van der Waals surface area contributed by atoms with Crippen LogP contribution in [-0.4, -0.2) is 46.6 Å². The summed E-state index contributed by atoms with van der Waals surface area (Å²) in [5, 5.41) is 4.46. The molecule has 0 amide bonds. The third kappa shape index (κ3) is 4.10. The Kier molecular flexibility index (Phi) is 5.61. The van der Waals surface area contributed by atoms with Crippen molar-refractivity contribution >= 4 is 32.6 Å². The van der Waals surface area contributed by atoms with Gasteiger partial charge in [-0.2, -0.15) is 17.0 Å². The van der Waals surface area contributed by atoms with Crippen LogP contribution >= 0.6 is 0 Å². The first-order valence-electron chi connectivity index (χ1n) is 11.2. The van der Waals surface area contributed by atoms with Gasteiger partial charge in [0.25, 0.3) is 10.2 Å². The number of piperidine rings is 1. The van der Waals surface area contributed by atoms with Crippen molar-refractivity contribution in [3.8, 4) is 0 Å². The van der Waals surface area contributed by atoms with Gasteiger partial charge in [-0.3, -0.25) is 4.98 Å². The molecule has 168 valence electrons. The predicted octanol–water partition coefficient (Wildman–Crippen LogP) is 3.95. The van der Waals surface area contributed by atoms with Gasteiger partial charge in [-0.15, -0.1) is 0 Å². The SMILES string of the molecule is CC1CC(C)CN(S(=O)(=O)N2CCc3c(ccnc3Nc3cnc4ccccc4c3)C2)C1. The number of benzene rings is 1. The Morgan fingerprint density at radius 2 is 1.81 bits per heavy atom. The molecule has 2 unspecified atom stereocenters. The van der Waals surface area contributed by atoms with Crippen LogP contribution in [0, 0.1) is 11.8 Å². The van der Waals surface area contributed by atoms with Crippen LogP contribution in [0.1, 0.15) is 31.4 Å². The molecule has 7 nitrogen and oxygen atoms in total. The molecule has 1 saturated heterocycles. The lowest BCUT2D eigenvalue weighted by molar-refractivity contribution is 0.206. The van der Waals surface area contributed by atoms with E-state index in [0.29, 0.717) is 44.4 Å². The number of rotatable bonds is 4. The van der Waals surface area contributed by atoms with Crippen LogP contribution in [0.25, 0.3) is 10.9 Å². The molecule has 2 atom stereocenters. The largest absolute Gasteiger partial charge is 0.339 e. The van der Waals surface area contributed by atoms with Crippen molar-refractivity contribution in [2.24, 2.45) is 11.8 Å². The molecule has 0 bridgehead atoms. The Morgan fingerprint density at radius 3 is 2.62 bits per heavy atom. The van der Waals surface area contributed by atoms with Gasteiger partial charge in [-0.05, 0) is 48.4 Å². The molecular weight excluding hydrogens is 422 g/mol. The Bertz CT molecular complexity index is 1240. The van der Waals surface area contributed by atoms with E-state index >= 15 is 0 Å². The first-order valence-corrected chi connectivity index (χ1v) is 12.6. The Balaban J connectivity index is 1.37. The second-order valence-electron chi connectivity index (χ2n) is 9.19. The molecule has 2 aliphatic rings. The minimum Gasteiger partial charge on any atom is -0.339 e. The van der Waals surface area contributed by atoms with Crippen molar-refractivity contribution in [2.45, 2.75) is 33.2 Å². The van der Waals surface area contributed by atoms with Gasteiger partial charge >= 0.3 is 0 Å². The molecule has 3 aromatic rings. The summed E-state index contributed by atoms with van der Waals surface area (Å²) in [6, 6.07) is 12.0. The van der Waals surface area contributed by atoms with Crippen LogP contribution in [-0.2, 0) is 23.2 Å². The molecule has 0 spiro atoms. The smallest absolute Gasteiger partial charge is 0.282 e. The maximum absolute atomic E-state index is 13.4. The average molecular weight is 452 g/mol. The van der Waals surface area contributed by atoms with E-state index in [4.69, 9.17) is 0 Å². The number of hydrogen-bond donors (Lipinski definition) is 1. The summed E-state index contributed by atoms with van der Waals surface area (Å²) in [5.74, 6) is 1.55. The fourth-order valence-corrected chi connectivity index (χ4v) is 6.84. The van der Waals surface area contributed by atoms with Crippen molar-refractivity contribution in [3.05, 3.63) is 59.9 Å². The number of nitrogens with zero attached hydrogens (tertiary/aromatic N) is 4. The third-order valence-corrected chi connectivity index (χ3v) is 8.37. The number of pyridine rings is 2. The monoisotopic (exact) mass is 451 g/mol. The highest BCUT2D eigenvalue weighted by Crippen LogP contribution is 2.31. The minimum atomic E-state index is -3.47. The molecule has 0 saturated carbocycles. The zero-order valence-corrected chi connectivity index (χ0v) is 19.3. The van der Waals surface area contributed by atoms with Crippen LogP contribution in [0.5, 0.6) is 0 Å². The van der Waals surface area contributed by atoms with Crippen LogP contribution in [0.2, 0.25) is 0 Å². The van der Waals surface area contributed by atoms with Crippen molar-refractivity contribution in [1.29, 1.82) is 0 Å². The van der Waals surface area contributed by atoms with Crippen LogP contribution < -0.4 is 5.32 Å². The Morgan fingerprint density at radius 1 is 1.03 bits per heavy atom. The van der Waals surface area contributed by atoms with Gasteiger partial charge in [0, 0.05) is 43.3 Å². The third-order valence-electron chi connectivity index (χ3n) is 6.45. The van der Waals surface area contributed by atoms with E-state index in [9.17, 15) is 8.42 Å². The van der Waals surface area contributed by atoms with Crippen LogP contribution in [0.15, 0.2) is 48.8 Å². The lowest BCUT2D eigenvalue weighted by Crippen LogP contribution is -2.50. The summed E-state index contributed by atoms with van der Waals surface area (Å²) in [5.41, 5.74) is 3.90. The van der Waals surface area contributed by atoms with E-state index in [0.717, 1.165) is 40.0 Å². The number of fused-ring (bicyclic) bond motifs is 2. The van der Waals surface area contributed by atoms with E-state index in [1.807, 2.05) is 36.5 Å². The van der Waals surface area contributed by atoms with Gasteiger partial charge in [-0.25, -0.2) is 4.98 Å². The fourth-order valence-electron chi connectivity index (χ4n) is 5.00. The predicted molar refractivity (Wildman–Crippen MR) is 127 cm³/mol. The highest BCUT2D eigenvalue weighted by atomic mass is 32.2. The Labute approximate surface area is 189 Å². The molecule has 4 heterocycles. The molecule has 2 aliphatic heterocycles. The molecule has 8 heteroatoms. The van der Waals surface area contributed by atoms with Gasteiger partial charge < -0.3 is 5.32 Å². The summed E-state index contributed by atoms with van der Waals surface area (Å²) < 4.78 is 30.0. The maximum atomic E-state index is 13.4. The van der Waals surface area contributed by atoms with E-state index in [-0.39, 0.29) is 0 Å². The lowest BCUT2D eigenvalue weighted by atomic mass is 9.94. The maximum Gasteiger partial charge on any atom is 0.282 e. The highest BCUT2D eigenvalue weighted by molar-refractivity contribution is 7.86. The summed E-state index contributed by atoms with van der Waals surface area (Å²) in [6.07, 6.45) is 5.27. The van der Waals surface area contributed by atoms with E-state index in [1.54, 1.807) is 14.8 Å². The number of aromatic nitrogens is 2. The number of anilines is 2. The lowest BCUT2D eigenvalue weighted by Gasteiger charge is -2.38. The van der Waals surface area contributed by atoms with Gasteiger partial charge in [-0.1, -0.05) is 32.0 Å². The van der Waals surface area contributed by atoms with Gasteiger partial charge in [0.2, 0.25) is 0 Å². The summed E-state index contributed by atoms with van der Waals surface area (Å²) in [4.78, 5) is 9.06. The van der Waals surface area contributed by atoms with Crippen molar-refractivity contribution in [3.63, 3.8) is 0 Å². The molecule has 0 aliphatic carbocycles. The summed E-state index contributed by atoms with van der Waals surface area (Å²) in [6.45, 7) is 6.32.